The van der Waals surface area contributed by atoms with Gasteiger partial charge in [-0.15, -0.1) is 0 Å². The third-order valence-corrected chi connectivity index (χ3v) is 1.81. The number of oxime groups is 1. The molecular weight excluding hydrogens is 162 g/mol. The second kappa shape index (κ2) is 2.56. The quantitative estimate of drug-likeness (QED) is 0.405. The molecule has 1 heterocycles. The SMILES string of the molecule is O/N=C1\CC(O)Cc2nonc21. The van der Waals surface area contributed by atoms with Gasteiger partial charge in [-0.2, -0.15) is 0 Å². The molecule has 1 unspecified atom stereocenters. The maximum Gasteiger partial charge on any atom is 0.156 e. The monoisotopic (exact) mass is 169 g/mol. The molecule has 0 bridgehead atoms. The summed E-state index contributed by atoms with van der Waals surface area (Å²) in [5, 5.41) is 27.9. The topological polar surface area (TPSA) is 91.7 Å². The Bertz CT molecular complexity index is 320. The van der Waals surface area contributed by atoms with Crippen molar-refractivity contribution in [3.05, 3.63) is 11.4 Å². The number of rotatable bonds is 0. The van der Waals surface area contributed by atoms with Crippen molar-refractivity contribution in [3.8, 4) is 0 Å². The van der Waals surface area contributed by atoms with Crippen LogP contribution in [0.25, 0.3) is 0 Å². The first-order chi connectivity index (χ1) is 5.81. The second-order valence-corrected chi connectivity index (χ2v) is 2.67. The zero-order valence-electron chi connectivity index (χ0n) is 6.14. The molecule has 2 rings (SSSR count). The summed E-state index contributed by atoms with van der Waals surface area (Å²) in [6.45, 7) is 0. The second-order valence-electron chi connectivity index (χ2n) is 2.67. The van der Waals surface area contributed by atoms with Crippen LogP contribution in [0, 0.1) is 0 Å². The largest absolute Gasteiger partial charge is 0.411 e. The van der Waals surface area contributed by atoms with E-state index in [2.05, 4.69) is 20.1 Å². The zero-order valence-corrected chi connectivity index (χ0v) is 6.14. The van der Waals surface area contributed by atoms with Crippen molar-refractivity contribution in [2.45, 2.75) is 18.9 Å². The fourth-order valence-corrected chi connectivity index (χ4v) is 1.26. The third kappa shape index (κ3) is 0.964. The van der Waals surface area contributed by atoms with Gasteiger partial charge in [0.15, 0.2) is 5.69 Å². The van der Waals surface area contributed by atoms with Gasteiger partial charge in [-0.1, -0.05) is 10.3 Å². The molecule has 6 nitrogen and oxygen atoms in total. The summed E-state index contributed by atoms with van der Waals surface area (Å²) in [4.78, 5) is 0. The predicted octanol–water partition coefficient (Wildman–Crippen LogP) is -0.445. The summed E-state index contributed by atoms with van der Waals surface area (Å²) in [5.41, 5.74) is 1.31. The molecule has 0 amide bonds. The van der Waals surface area contributed by atoms with Crippen molar-refractivity contribution < 1.29 is 14.9 Å². The van der Waals surface area contributed by atoms with Gasteiger partial charge < -0.3 is 10.3 Å². The normalized spacial score (nSPS) is 25.8. The molecule has 0 saturated heterocycles. The molecule has 0 fully saturated rings. The van der Waals surface area contributed by atoms with Crippen LogP contribution in [0.5, 0.6) is 0 Å². The molecule has 1 atom stereocenters. The summed E-state index contributed by atoms with van der Waals surface area (Å²) in [5.74, 6) is 0. The Morgan fingerprint density at radius 1 is 1.42 bits per heavy atom. The number of aliphatic hydroxyl groups is 1. The third-order valence-electron chi connectivity index (χ3n) is 1.81. The van der Waals surface area contributed by atoms with Gasteiger partial charge in [0.2, 0.25) is 0 Å². The average molecular weight is 169 g/mol. The molecule has 1 aliphatic rings. The standard InChI is InChI=1S/C6H7N3O3/c10-3-1-4(7-11)6-5(2-3)8-12-9-6/h3,10-11H,1-2H2/b7-4+. The van der Waals surface area contributed by atoms with Gasteiger partial charge in [0, 0.05) is 12.8 Å². The smallest absolute Gasteiger partial charge is 0.156 e. The molecule has 2 N–H and O–H groups in total. The molecule has 0 spiro atoms. The van der Waals surface area contributed by atoms with Crippen LogP contribution in [0.4, 0.5) is 0 Å². The van der Waals surface area contributed by atoms with Crippen molar-refractivity contribution in [2.24, 2.45) is 5.16 Å². The molecule has 0 aromatic carbocycles. The number of aromatic nitrogens is 2. The van der Waals surface area contributed by atoms with E-state index in [1.807, 2.05) is 0 Å². The van der Waals surface area contributed by atoms with E-state index in [0.29, 0.717) is 23.5 Å². The van der Waals surface area contributed by atoms with E-state index < -0.39 is 6.10 Å². The lowest BCUT2D eigenvalue weighted by Gasteiger charge is -2.13. The zero-order chi connectivity index (χ0) is 8.55. The van der Waals surface area contributed by atoms with E-state index in [1.165, 1.54) is 0 Å². The van der Waals surface area contributed by atoms with Crippen LogP contribution in [-0.4, -0.2) is 32.4 Å². The van der Waals surface area contributed by atoms with Crippen LogP contribution in [0.2, 0.25) is 0 Å². The highest BCUT2D eigenvalue weighted by molar-refractivity contribution is 6.00. The van der Waals surface area contributed by atoms with Crippen LogP contribution in [0.1, 0.15) is 17.8 Å². The highest BCUT2D eigenvalue weighted by Crippen LogP contribution is 2.18. The molecular formula is C6H7N3O3. The lowest BCUT2D eigenvalue weighted by molar-refractivity contribution is 0.175. The highest BCUT2D eigenvalue weighted by Gasteiger charge is 2.27. The van der Waals surface area contributed by atoms with Crippen LogP contribution in [0.15, 0.2) is 9.78 Å². The first-order valence-corrected chi connectivity index (χ1v) is 3.52. The Labute approximate surface area is 67.5 Å². The molecule has 0 aliphatic heterocycles. The lowest BCUT2D eigenvalue weighted by Crippen LogP contribution is -2.24. The maximum absolute atomic E-state index is 9.27. The Hall–Kier alpha value is -1.43. The van der Waals surface area contributed by atoms with Gasteiger partial charge in [0.05, 0.1) is 6.10 Å². The summed E-state index contributed by atoms with van der Waals surface area (Å²) in [6, 6.07) is 0. The molecule has 0 saturated carbocycles. The average Bonchev–Trinajstić information content (AvgIpc) is 2.50. The minimum atomic E-state index is -0.560. The van der Waals surface area contributed by atoms with Gasteiger partial charge in [-0.05, 0) is 5.16 Å². The van der Waals surface area contributed by atoms with Crippen molar-refractivity contribution in [3.63, 3.8) is 0 Å². The van der Waals surface area contributed by atoms with E-state index >= 15 is 0 Å². The van der Waals surface area contributed by atoms with Crippen molar-refractivity contribution in [2.75, 3.05) is 0 Å². The lowest BCUT2D eigenvalue weighted by atomic mass is 9.97. The first-order valence-electron chi connectivity index (χ1n) is 3.52. The maximum atomic E-state index is 9.27. The number of aliphatic hydroxyl groups excluding tert-OH is 1. The van der Waals surface area contributed by atoms with Gasteiger partial charge in [-0.25, -0.2) is 4.63 Å². The summed E-state index contributed by atoms with van der Waals surface area (Å²) in [6.07, 6.45) is 0.130. The molecule has 1 aromatic rings. The molecule has 1 aromatic heterocycles. The fourth-order valence-electron chi connectivity index (χ4n) is 1.26. The molecule has 12 heavy (non-hydrogen) atoms. The summed E-state index contributed by atoms with van der Waals surface area (Å²) in [7, 11) is 0. The Morgan fingerprint density at radius 3 is 3.00 bits per heavy atom. The molecule has 1 aliphatic carbocycles. The van der Waals surface area contributed by atoms with E-state index in [4.69, 9.17) is 5.21 Å². The van der Waals surface area contributed by atoms with Crippen molar-refractivity contribution in [1.82, 2.24) is 10.3 Å². The Balaban J connectivity index is 2.45. The summed E-state index contributed by atoms with van der Waals surface area (Å²) >= 11 is 0. The summed E-state index contributed by atoms with van der Waals surface area (Å²) < 4.78 is 4.44. The van der Waals surface area contributed by atoms with Crippen molar-refractivity contribution in [1.29, 1.82) is 0 Å². The predicted molar refractivity (Wildman–Crippen MR) is 36.9 cm³/mol. The molecule has 0 radical (unpaired) electrons. The number of nitrogens with zero attached hydrogens (tertiary/aromatic N) is 3. The van der Waals surface area contributed by atoms with Crippen LogP contribution in [-0.2, 0) is 6.42 Å². The van der Waals surface area contributed by atoms with Gasteiger partial charge in [0.25, 0.3) is 0 Å². The Kier molecular flexibility index (Phi) is 1.54. The molecule has 6 heteroatoms. The van der Waals surface area contributed by atoms with E-state index in [0.717, 1.165) is 0 Å². The minimum Gasteiger partial charge on any atom is -0.411 e. The van der Waals surface area contributed by atoms with Crippen LogP contribution in [0.3, 0.4) is 0 Å². The van der Waals surface area contributed by atoms with Crippen molar-refractivity contribution >= 4 is 5.71 Å². The number of hydrogen-bond donors (Lipinski definition) is 2. The fraction of sp³-hybridized carbons (Fsp3) is 0.500. The number of hydrogen-bond acceptors (Lipinski definition) is 6. The van der Waals surface area contributed by atoms with E-state index in [-0.39, 0.29) is 6.42 Å². The van der Waals surface area contributed by atoms with Gasteiger partial charge in [0.1, 0.15) is 11.4 Å². The van der Waals surface area contributed by atoms with E-state index in [9.17, 15) is 5.11 Å². The first kappa shape index (κ1) is 7.23. The van der Waals surface area contributed by atoms with Gasteiger partial charge >= 0.3 is 0 Å². The number of fused-ring (bicyclic) bond motifs is 1. The Morgan fingerprint density at radius 2 is 2.25 bits per heavy atom. The van der Waals surface area contributed by atoms with Gasteiger partial charge in [-0.3, -0.25) is 0 Å². The van der Waals surface area contributed by atoms with E-state index in [1.54, 1.807) is 0 Å². The van der Waals surface area contributed by atoms with Crippen LogP contribution < -0.4 is 0 Å². The highest BCUT2D eigenvalue weighted by atomic mass is 16.6. The minimum absolute atomic E-state index is 0.289. The molecule has 64 valence electrons. The van der Waals surface area contributed by atoms with Crippen LogP contribution >= 0.6 is 0 Å².